The summed E-state index contributed by atoms with van der Waals surface area (Å²) in [5.41, 5.74) is 1.98. The standard InChI is InChI=1S/C19H24N4O3/c1-12-9-13(2)16(14(3)10-12)23-18(25)15(17(24)21-19(23)26)11-20-22-7-5-4-6-8-22/h9-11,25H,4-8H2,1-3H3,(H,21,24,26)/b20-11+. The number of nitrogens with zero attached hydrogens (tertiary/aromatic N) is 3. The van der Waals surface area contributed by atoms with Crippen LogP contribution in [0.4, 0.5) is 0 Å². The fourth-order valence-electron chi connectivity index (χ4n) is 3.52. The van der Waals surface area contributed by atoms with E-state index >= 15 is 0 Å². The van der Waals surface area contributed by atoms with E-state index in [1.807, 2.05) is 37.9 Å². The average Bonchev–Trinajstić information content (AvgIpc) is 2.57. The second-order valence-electron chi connectivity index (χ2n) is 6.84. The van der Waals surface area contributed by atoms with Crippen LogP contribution in [0.3, 0.4) is 0 Å². The molecule has 2 heterocycles. The van der Waals surface area contributed by atoms with E-state index in [4.69, 9.17) is 0 Å². The van der Waals surface area contributed by atoms with E-state index in [0.717, 1.165) is 47.2 Å². The third-order valence-electron chi connectivity index (χ3n) is 4.66. The molecule has 7 heteroatoms. The fraction of sp³-hybridized carbons (Fsp3) is 0.421. The summed E-state index contributed by atoms with van der Waals surface area (Å²) in [5, 5.41) is 16.9. The molecule has 138 valence electrons. The van der Waals surface area contributed by atoms with Crippen molar-refractivity contribution < 1.29 is 5.11 Å². The molecule has 7 nitrogen and oxygen atoms in total. The monoisotopic (exact) mass is 356 g/mol. The lowest BCUT2D eigenvalue weighted by Gasteiger charge is -2.23. The van der Waals surface area contributed by atoms with Crippen molar-refractivity contribution in [3.8, 4) is 11.6 Å². The van der Waals surface area contributed by atoms with Gasteiger partial charge in [0.25, 0.3) is 5.56 Å². The van der Waals surface area contributed by atoms with Gasteiger partial charge in [0.2, 0.25) is 5.88 Å². The number of benzene rings is 1. The Kier molecular flexibility index (Phi) is 4.97. The molecule has 0 saturated carbocycles. The number of rotatable bonds is 3. The Bertz CT molecular complexity index is 943. The van der Waals surface area contributed by atoms with Gasteiger partial charge < -0.3 is 5.11 Å². The highest BCUT2D eigenvalue weighted by molar-refractivity contribution is 5.82. The van der Waals surface area contributed by atoms with Gasteiger partial charge in [0.15, 0.2) is 0 Å². The zero-order valence-electron chi connectivity index (χ0n) is 15.4. The lowest BCUT2D eigenvalue weighted by molar-refractivity contribution is 0.240. The molecule has 1 aromatic heterocycles. The summed E-state index contributed by atoms with van der Waals surface area (Å²) in [6, 6.07) is 3.86. The Labute approximate surface area is 151 Å². The summed E-state index contributed by atoms with van der Waals surface area (Å²) in [5.74, 6) is -0.394. The van der Waals surface area contributed by atoms with Crippen molar-refractivity contribution in [1.29, 1.82) is 0 Å². The number of hydrogen-bond acceptors (Lipinski definition) is 5. The van der Waals surface area contributed by atoms with E-state index in [1.54, 1.807) is 0 Å². The van der Waals surface area contributed by atoms with Crippen LogP contribution < -0.4 is 11.2 Å². The summed E-state index contributed by atoms with van der Waals surface area (Å²) < 4.78 is 1.14. The SMILES string of the molecule is Cc1cc(C)c(-n2c(O)c(/C=N/N3CCCCC3)c(=O)[nH]c2=O)c(C)c1. The second kappa shape index (κ2) is 7.19. The van der Waals surface area contributed by atoms with Crippen LogP contribution in [0.2, 0.25) is 0 Å². The third-order valence-corrected chi connectivity index (χ3v) is 4.66. The lowest BCUT2D eigenvalue weighted by atomic mass is 10.0. The minimum Gasteiger partial charge on any atom is -0.493 e. The van der Waals surface area contributed by atoms with Gasteiger partial charge in [0.05, 0.1) is 11.9 Å². The molecule has 0 amide bonds. The largest absolute Gasteiger partial charge is 0.493 e. The number of piperidine rings is 1. The zero-order valence-corrected chi connectivity index (χ0v) is 15.4. The van der Waals surface area contributed by atoms with Gasteiger partial charge in [-0.15, -0.1) is 0 Å². The van der Waals surface area contributed by atoms with Crippen LogP contribution in [-0.2, 0) is 0 Å². The number of aryl methyl sites for hydroxylation is 3. The van der Waals surface area contributed by atoms with Crippen LogP contribution in [-0.4, -0.2) is 39.0 Å². The van der Waals surface area contributed by atoms with Crippen LogP contribution >= 0.6 is 0 Å². The predicted octanol–water partition coefficient (Wildman–Crippen LogP) is 1.98. The molecule has 0 spiro atoms. The molecule has 1 fully saturated rings. The van der Waals surface area contributed by atoms with Crippen LogP contribution in [0.15, 0.2) is 26.8 Å². The van der Waals surface area contributed by atoms with Crippen LogP contribution in [0, 0.1) is 20.8 Å². The maximum atomic E-state index is 12.4. The molecule has 2 N–H and O–H groups in total. The van der Waals surface area contributed by atoms with Crippen LogP contribution in [0.25, 0.3) is 5.69 Å². The summed E-state index contributed by atoms with van der Waals surface area (Å²) in [7, 11) is 0. The third kappa shape index (κ3) is 3.42. The molecule has 2 aromatic rings. The summed E-state index contributed by atoms with van der Waals surface area (Å²) in [6.07, 6.45) is 4.63. The Balaban J connectivity index is 2.12. The fourth-order valence-corrected chi connectivity index (χ4v) is 3.52. The number of aromatic nitrogens is 2. The van der Waals surface area contributed by atoms with Crippen LogP contribution in [0.1, 0.15) is 41.5 Å². The topological polar surface area (TPSA) is 90.7 Å². The first-order chi connectivity index (χ1) is 12.4. The van der Waals surface area contributed by atoms with Crippen molar-refractivity contribution in [1.82, 2.24) is 14.6 Å². The maximum Gasteiger partial charge on any atom is 0.335 e. The molecule has 1 aromatic carbocycles. The Morgan fingerprint density at radius 2 is 1.69 bits per heavy atom. The van der Waals surface area contributed by atoms with Crippen molar-refractivity contribution >= 4 is 6.21 Å². The molecule has 0 radical (unpaired) electrons. The van der Waals surface area contributed by atoms with E-state index in [-0.39, 0.29) is 5.56 Å². The Morgan fingerprint density at radius 3 is 2.31 bits per heavy atom. The number of nitrogens with one attached hydrogen (secondary N) is 1. The lowest BCUT2D eigenvalue weighted by Crippen LogP contribution is -2.32. The first-order valence-corrected chi connectivity index (χ1v) is 8.84. The molecule has 26 heavy (non-hydrogen) atoms. The van der Waals surface area contributed by atoms with Gasteiger partial charge in [-0.3, -0.25) is 14.8 Å². The maximum absolute atomic E-state index is 12.4. The van der Waals surface area contributed by atoms with Gasteiger partial charge >= 0.3 is 5.69 Å². The first kappa shape index (κ1) is 18.0. The van der Waals surface area contributed by atoms with E-state index in [0.29, 0.717) is 5.69 Å². The minimum absolute atomic E-state index is 0.0189. The number of hydrazone groups is 1. The van der Waals surface area contributed by atoms with Gasteiger partial charge in [-0.1, -0.05) is 17.7 Å². The van der Waals surface area contributed by atoms with Crippen molar-refractivity contribution in [2.24, 2.45) is 5.10 Å². The molecule has 1 aliphatic rings. The quantitative estimate of drug-likeness (QED) is 0.823. The molecule has 0 bridgehead atoms. The van der Waals surface area contributed by atoms with Crippen molar-refractivity contribution in [3.63, 3.8) is 0 Å². The summed E-state index contributed by atoms with van der Waals surface area (Å²) in [6.45, 7) is 7.35. The van der Waals surface area contributed by atoms with Crippen molar-refractivity contribution in [2.45, 2.75) is 40.0 Å². The summed E-state index contributed by atoms with van der Waals surface area (Å²) >= 11 is 0. The zero-order chi connectivity index (χ0) is 18.8. The highest BCUT2D eigenvalue weighted by Gasteiger charge is 2.18. The molecule has 1 aliphatic heterocycles. The molecule has 0 aliphatic carbocycles. The average molecular weight is 356 g/mol. The van der Waals surface area contributed by atoms with Crippen LogP contribution in [0.5, 0.6) is 5.88 Å². The second-order valence-corrected chi connectivity index (χ2v) is 6.84. The summed E-state index contributed by atoms with van der Waals surface area (Å²) in [4.78, 5) is 26.9. The van der Waals surface area contributed by atoms with Gasteiger partial charge in [-0.2, -0.15) is 5.10 Å². The van der Waals surface area contributed by atoms with Gasteiger partial charge in [0, 0.05) is 13.1 Å². The van der Waals surface area contributed by atoms with E-state index in [1.165, 1.54) is 12.6 Å². The van der Waals surface area contributed by atoms with E-state index in [9.17, 15) is 14.7 Å². The highest BCUT2D eigenvalue weighted by atomic mass is 16.3. The van der Waals surface area contributed by atoms with Gasteiger partial charge in [0.1, 0.15) is 5.56 Å². The molecule has 1 saturated heterocycles. The first-order valence-electron chi connectivity index (χ1n) is 8.84. The number of aromatic amines is 1. The molecule has 0 atom stereocenters. The van der Waals surface area contributed by atoms with Crippen molar-refractivity contribution in [2.75, 3.05) is 13.1 Å². The molecule has 0 unspecified atom stereocenters. The Morgan fingerprint density at radius 1 is 1.08 bits per heavy atom. The van der Waals surface area contributed by atoms with E-state index in [2.05, 4.69) is 10.1 Å². The Hall–Kier alpha value is -2.83. The highest BCUT2D eigenvalue weighted by Crippen LogP contribution is 2.24. The predicted molar refractivity (Wildman–Crippen MR) is 102 cm³/mol. The minimum atomic E-state index is -0.669. The molecule has 3 rings (SSSR count). The normalized spacial score (nSPS) is 15.0. The molecular formula is C19H24N4O3. The number of aromatic hydroxyl groups is 1. The smallest absolute Gasteiger partial charge is 0.335 e. The van der Waals surface area contributed by atoms with Gasteiger partial charge in [-0.05, 0) is 51.2 Å². The molecular weight excluding hydrogens is 332 g/mol. The van der Waals surface area contributed by atoms with Crippen molar-refractivity contribution in [3.05, 3.63) is 55.2 Å². The van der Waals surface area contributed by atoms with E-state index < -0.39 is 17.1 Å². The van der Waals surface area contributed by atoms with Gasteiger partial charge in [-0.25, -0.2) is 9.36 Å². The number of hydrogen-bond donors (Lipinski definition) is 2. The number of H-pyrrole nitrogens is 1.